The molecule has 68 valence electrons. The Bertz CT molecular complexity index is 87.6. The van der Waals surface area contributed by atoms with Crippen LogP contribution in [0, 0.1) is 5.41 Å². The number of unbranched alkanes of at least 4 members (excludes halogenated alkanes) is 1. The van der Waals surface area contributed by atoms with Crippen molar-refractivity contribution in [2.24, 2.45) is 16.9 Å². The summed E-state index contributed by atoms with van der Waals surface area (Å²) < 4.78 is 0. The zero-order chi connectivity index (χ0) is 8.74. The highest BCUT2D eigenvalue weighted by Gasteiger charge is 2.18. The van der Waals surface area contributed by atoms with Crippen LogP contribution in [-0.2, 0) is 0 Å². The monoisotopic (exact) mass is 158 g/mol. The number of rotatable bonds is 6. The molecule has 0 aliphatic heterocycles. The largest absolute Gasteiger partial charge is 0.330 e. The van der Waals surface area contributed by atoms with Gasteiger partial charge in [0.25, 0.3) is 0 Å². The van der Waals surface area contributed by atoms with E-state index in [9.17, 15) is 0 Å². The van der Waals surface area contributed by atoms with Gasteiger partial charge in [-0.2, -0.15) is 0 Å². The van der Waals surface area contributed by atoms with Gasteiger partial charge in [-0.3, -0.25) is 0 Å². The topological polar surface area (TPSA) is 52.0 Å². The molecule has 0 fully saturated rings. The fourth-order valence-electron chi connectivity index (χ4n) is 1.12. The lowest BCUT2D eigenvalue weighted by Gasteiger charge is -2.25. The van der Waals surface area contributed by atoms with Gasteiger partial charge < -0.3 is 11.5 Å². The van der Waals surface area contributed by atoms with Gasteiger partial charge in [0.2, 0.25) is 0 Å². The molecule has 11 heavy (non-hydrogen) atoms. The second-order valence-corrected chi connectivity index (χ2v) is 3.61. The maximum Gasteiger partial charge on any atom is -0.00233 e. The molecule has 0 aromatic rings. The van der Waals surface area contributed by atoms with Crippen molar-refractivity contribution >= 4 is 0 Å². The fourth-order valence-corrected chi connectivity index (χ4v) is 1.12. The van der Waals surface area contributed by atoms with Crippen LogP contribution in [0.5, 0.6) is 0 Å². The zero-order valence-corrected chi connectivity index (χ0v) is 7.90. The molecule has 1 atom stereocenters. The second kappa shape index (κ2) is 5.56. The Balaban J connectivity index is 3.51. The van der Waals surface area contributed by atoms with Crippen LogP contribution < -0.4 is 11.5 Å². The Kier molecular flexibility index (Phi) is 5.51. The summed E-state index contributed by atoms with van der Waals surface area (Å²) in [7, 11) is 0. The predicted octanol–water partition coefficient (Wildman–Crippen LogP) is 1.49. The summed E-state index contributed by atoms with van der Waals surface area (Å²) in [5.41, 5.74) is 11.4. The quantitative estimate of drug-likeness (QED) is 0.575. The van der Waals surface area contributed by atoms with Gasteiger partial charge in [0, 0.05) is 0 Å². The Hall–Kier alpha value is -0.0800. The summed E-state index contributed by atoms with van der Waals surface area (Å²) in [6.07, 6.45) is 4.75. The smallest absolute Gasteiger partial charge is 0.00233 e. The van der Waals surface area contributed by atoms with Gasteiger partial charge in [0.15, 0.2) is 0 Å². The molecule has 0 aromatic carbocycles. The highest BCUT2D eigenvalue weighted by molar-refractivity contribution is 4.73. The van der Waals surface area contributed by atoms with Crippen LogP contribution in [0.1, 0.15) is 39.5 Å². The third kappa shape index (κ3) is 4.38. The van der Waals surface area contributed by atoms with Gasteiger partial charge in [-0.1, -0.05) is 20.3 Å². The van der Waals surface area contributed by atoms with Crippen molar-refractivity contribution in [3.05, 3.63) is 0 Å². The number of nitrogens with two attached hydrogens (primary N) is 2. The van der Waals surface area contributed by atoms with Crippen LogP contribution in [0.3, 0.4) is 0 Å². The van der Waals surface area contributed by atoms with E-state index in [0.717, 1.165) is 19.5 Å². The average Bonchev–Trinajstić information content (AvgIpc) is 2.05. The Labute approximate surface area is 70.3 Å². The standard InChI is InChI=1S/C9H22N2/c1-3-9(2,8-11)6-4-5-7-10/h3-8,10-11H2,1-2H3. The molecular formula is C9H22N2. The normalized spacial score (nSPS) is 16.4. The molecule has 2 heteroatoms. The third-order valence-electron chi connectivity index (χ3n) is 2.58. The van der Waals surface area contributed by atoms with Crippen molar-refractivity contribution in [3.8, 4) is 0 Å². The highest BCUT2D eigenvalue weighted by Crippen LogP contribution is 2.25. The van der Waals surface area contributed by atoms with Gasteiger partial charge in [0.1, 0.15) is 0 Å². The molecule has 0 saturated carbocycles. The van der Waals surface area contributed by atoms with E-state index in [2.05, 4.69) is 13.8 Å². The lowest BCUT2D eigenvalue weighted by molar-refractivity contribution is 0.286. The molecule has 0 aromatic heterocycles. The predicted molar refractivity (Wildman–Crippen MR) is 50.4 cm³/mol. The first-order valence-corrected chi connectivity index (χ1v) is 4.58. The van der Waals surface area contributed by atoms with Gasteiger partial charge in [-0.05, 0) is 37.8 Å². The minimum atomic E-state index is 0.356. The van der Waals surface area contributed by atoms with Crippen LogP contribution in [0.25, 0.3) is 0 Å². The van der Waals surface area contributed by atoms with Crippen LogP contribution in [0.2, 0.25) is 0 Å². The van der Waals surface area contributed by atoms with Gasteiger partial charge in [0.05, 0.1) is 0 Å². The number of hydrogen-bond donors (Lipinski definition) is 2. The van der Waals surface area contributed by atoms with E-state index in [1.807, 2.05) is 0 Å². The molecular weight excluding hydrogens is 136 g/mol. The molecule has 0 amide bonds. The van der Waals surface area contributed by atoms with Gasteiger partial charge in [-0.15, -0.1) is 0 Å². The average molecular weight is 158 g/mol. The summed E-state index contributed by atoms with van der Waals surface area (Å²) in [5.74, 6) is 0. The van der Waals surface area contributed by atoms with Crippen LogP contribution in [0.4, 0.5) is 0 Å². The third-order valence-corrected chi connectivity index (χ3v) is 2.58. The fraction of sp³-hybridized carbons (Fsp3) is 1.00. The molecule has 0 aliphatic rings. The van der Waals surface area contributed by atoms with Crippen LogP contribution in [-0.4, -0.2) is 13.1 Å². The summed E-state index contributed by atoms with van der Waals surface area (Å²) in [4.78, 5) is 0. The van der Waals surface area contributed by atoms with E-state index in [1.54, 1.807) is 0 Å². The lowest BCUT2D eigenvalue weighted by atomic mass is 9.82. The molecule has 0 heterocycles. The Morgan fingerprint density at radius 2 is 1.82 bits per heavy atom. The number of hydrogen-bond acceptors (Lipinski definition) is 2. The lowest BCUT2D eigenvalue weighted by Crippen LogP contribution is -2.26. The van der Waals surface area contributed by atoms with Crippen molar-refractivity contribution in [2.45, 2.75) is 39.5 Å². The van der Waals surface area contributed by atoms with Crippen LogP contribution >= 0.6 is 0 Å². The molecule has 0 rings (SSSR count). The van der Waals surface area contributed by atoms with E-state index >= 15 is 0 Å². The molecule has 0 saturated heterocycles. The Morgan fingerprint density at radius 1 is 1.18 bits per heavy atom. The minimum absolute atomic E-state index is 0.356. The molecule has 0 spiro atoms. The SMILES string of the molecule is CCC(C)(CN)CCCCN. The first kappa shape index (κ1) is 10.9. The van der Waals surface area contributed by atoms with Crippen molar-refractivity contribution in [1.82, 2.24) is 0 Å². The molecule has 0 bridgehead atoms. The second-order valence-electron chi connectivity index (χ2n) is 3.61. The molecule has 2 nitrogen and oxygen atoms in total. The van der Waals surface area contributed by atoms with E-state index in [4.69, 9.17) is 11.5 Å². The van der Waals surface area contributed by atoms with Crippen LogP contribution in [0.15, 0.2) is 0 Å². The van der Waals surface area contributed by atoms with E-state index in [1.165, 1.54) is 19.3 Å². The minimum Gasteiger partial charge on any atom is -0.330 e. The van der Waals surface area contributed by atoms with E-state index in [-0.39, 0.29) is 0 Å². The van der Waals surface area contributed by atoms with E-state index in [0.29, 0.717) is 5.41 Å². The van der Waals surface area contributed by atoms with E-state index < -0.39 is 0 Å². The molecule has 0 radical (unpaired) electrons. The van der Waals surface area contributed by atoms with Gasteiger partial charge >= 0.3 is 0 Å². The van der Waals surface area contributed by atoms with Crippen molar-refractivity contribution < 1.29 is 0 Å². The summed E-state index contributed by atoms with van der Waals surface area (Å²) in [6, 6.07) is 0. The molecule has 1 unspecified atom stereocenters. The molecule has 0 aliphatic carbocycles. The van der Waals surface area contributed by atoms with Crippen molar-refractivity contribution in [1.29, 1.82) is 0 Å². The highest BCUT2D eigenvalue weighted by atomic mass is 14.6. The Morgan fingerprint density at radius 3 is 2.18 bits per heavy atom. The maximum atomic E-state index is 5.67. The summed E-state index contributed by atoms with van der Waals surface area (Å²) in [5, 5.41) is 0. The van der Waals surface area contributed by atoms with Gasteiger partial charge in [-0.25, -0.2) is 0 Å². The summed E-state index contributed by atoms with van der Waals surface area (Å²) >= 11 is 0. The zero-order valence-electron chi connectivity index (χ0n) is 7.90. The maximum absolute atomic E-state index is 5.67. The van der Waals surface area contributed by atoms with Crippen molar-refractivity contribution in [3.63, 3.8) is 0 Å². The first-order valence-electron chi connectivity index (χ1n) is 4.58. The molecule has 4 N–H and O–H groups in total. The first-order chi connectivity index (χ1) is 5.18. The summed E-state index contributed by atoms with van der Waals surface area (Å²) in [6.45, 7) is 6.07. The van der Waals surface area contributed by atoms with Crippen molar-refractivity contribution in [2.75, 3.05) is 13.1 Å².